The van der Waals surface area contributed by atoms with Gasteiger partial charge in [0.15, 0.2) is 11.5 Å². The third kappa shape index (κ3) is 2.70. The van der Waals surface area contributed by atoms with Crippen LogP contribution in [0.1, 0.15) is 27.3 Å². The number of pyridine rings is 1. The molecule has 23 heavy (non-hydrogen) atoms. The second-order valence-electron chi connectivity index (χ2n) is 5.44. The van der Waals surface area contributed by atoms with Gasteiger partial charge in [-0.25, -0.2) is 9.78 Å². The van der Waals surface area contributed by atoms with Crippen LogP contribution in [0.3, 0.4) is 0 Å². The fourth-order valence-corrected chi connectivity index (χ4v) is 2.40. The van der Waals surface area contributed by atoms with Gasteiger partial charge in [-0.05, 0) is 50.1 Å². The summed E-state index contributed by atoms with van der Waals surface area (Å²) in [6, 6.07) is 11.3. The number of hydrogen-bond donors (Lipinski definition) is 1. The molecule has 0 spiro atoms. The molecule has 0 saturated carbocycles. The van der Waals surface area contributed by atoms with Gasteiger partial charge in [-0.15, -0.1) is 10.2 Å². The number of carboxylic acids is 1. The lowest BCUT2D eigenvalue weighted by molar-refractivity contribution is 0.0692. The molecule has 0 atom stereocenters. The highest BCUT2D eigenvalue weighted by molar-refractivity contribution is 5.91. The lowest BCUT2D eigenvalue weighted by Crippen LogP contribution is -1.97. The van der Waals surface area contributed by atoms with Crippen LogP contribution in [0.2, 0.25) is 0 Å². The molecule has 0 aliphatic carbocycles. The van der Waals surface area contributed by atoms with Gasteiger partial charge in [0.1, 0.15) is 5.65 Å². The number of aryl methyl sites for hydroxylation is 3. The fraction of sp³-hybridized carbons (Fsp3) is 0.176. The molecule has 2 aromatic heterocycles. The summed E-state index contributed by atoms with van der Waals surface area (Å²) in [6.45, 7) is 5.78. The predicted octanol–water partition coefficient (Wildman–Crippen LogP) is 4.37. The number of carbonyl (C=O) groups is 1. The van der Waals surface area contributed by atoms with Crippen molar-refractivity contribution in [1.29, 1.82) is 0 Å². The smallest absolute Gasteiger partial charge is 0.358 e. The molecule has 116 valence electrons. The highest BCUT2D eigenvalue weighted by Crippen LogP contribution is 2.27. The molecule has 1 N–H and O–H groups in total. The highest BCUT2D eigenvalue weighted by atomic mass is 16.4. The highest BCUT2D eigenvalue weighted by Gasteiger charge is 2.19. The maximum absolute atomic E-state index is 11.5. The summed E-state index contributed by atoms with van der Waals surface area (Å²) in [5.41, 5.74) is 4.03. The number of hydrogen-bond acceptors (Lipinski definition) is 4. The zero-order valence-corrected chi connectivity index (χ0v) is 13.1. The van der Waals surface area contributed by atoms with E-state index in [0.29, 0.717) is 11.3 Å². The quantitative estimate of drug-likeness (QED) is 0.729. The summed E-state index contributed by atoms with van der Waals surface area (Å²) in [7, 11) is 0. The van der Waals surface area contributed by atoms with E-state index in [1.165, 1.54) is 0 Å². The van der Waals surface area contributed by atoms with Crippen LogP contribution >= 0.6 is 0 Å². The first-order valence-electron chi connectivity index (χ1n) is 7.18. The third-order valence-electron chi connectivity index (χ3n) is 3.63. The van der Waals surface area contributed by atoms with Crippen molar-refractivity contribution in [1.82, 2.24) is 9.38 Å². The van der Waals surface area contributed by atoms with Crippen molar-refractivity contribution in [3.63, 3.8) is 0 Å². The molecular weight excluding hydrogens is 292 g/mol. The molecule has 0 aliphatic heterocycles. The molecule has 1 aromatic carbocycles. The minimum Gasteiger partial charge on any atom is -0.476 e. The van der Waals surface area contributed by atoms with Crippen LogP contribution in [0, 0.1) is 20.8 Å². The van der Waals surface area contributed by atoms with E-state index >= 15 is 0 Å². The molecular formula is C17H16N4O2. The van der Waals surface area contributed by atoms with Crippen LogP contribution in [-0.4, -0.2) is 20.5 Å². The molecule has 0 amide bonds. The van der Waals surface area contributed by atoms with Gasteiger partial charge in [0, 0.05) is 5.69 Å². The van der Waals surface area contributed by atoms with Crippen LogP contribution in [-0.2, 0) is 0 Å². The Kier molecular flexibility index (Phi) is 3.65. The lowest BCUT2D eigenvalue weighted by Gasteiger charge is -2.02. The Bertz CT molecular complexity index is 941. The average molecular weight is 308 g/mol. The summed E-state index contributed by atoms with van der Waals surface area (Å²) in [4.78, 5) is 15.6. The van der Waals surface area contributed by atoms with Crippen molar-refractivity contribution in [2.45, 2.75) is 20.8 Å². The van der Waals surface area contributed by atoms with E-state index in [4.69, 9.17) is 0 Å². The predicted molar refractivity (Wildman–Crippen MR) is 87.0 cm³/mol. The van der Waals surface area contributed by atoms with Crippen LogP contribution in [0.5, 0.6) is 0 Å². The Labute approximate surface area is 133 Å². The first kappa shape index (κ1) is 14.9. The van der Waals surface area contributed by atoms with Crippen molar-refractivity contribution in [2.75, 3.05) is 0 Å². The SMILES string of the molecule is Cc1ccc(C)c(N=Nc2c(C(=O)O)nc3cccc(C)n23)c1. The summed E-state index contributed by atoms with van der Waals surface area (Å²) in [5, 5.41) is 17.8. The molecule has 0 aliphatic rings. The largest absolute Gasteiger partial charge is 0.476 e. The Balaban J connectivity index is 2.19. The van der Waals surface area contributed by atoms with Gasteiger partial charge in [0.05, 0.1) is 5.69 Å². The minimum atomic E-state index is -1.12. The van der Waals surface area contributed by atoms with Crippen LogP contribution in [0.25, 0.3) is 5.65 Å². The van der Waals surface area contributed by atoms with Crippen LogP contribution < -0.4 is 0 Å². The average Bonchev–Trinajstić information content (AvgIpc) is 2.88. The number of azo groups is 1. The van der Waals surface area contributed by atoms with E-state index in [-0.39, 0.29) is 11.5 Å². The fourth-order valence-electron chi connectivity index (χ4n) is 2.40. The molecule has 0 fully saturated rings. The number of aromatic nitrogens is 2. The number of benzene rings is 1. The normalized spacial score (nSPS) is 11.4. The number of fused-ring (bicyclic) bond motifs is 1. The molecule has 6 heteroatoms. The van der Waals surface area contributed by atoms with Gasteiger partial charge in [-0.1, -0.05) is 18.2 Å². The van der Waals surface area contributed by atoms with Gasteiger partial charge in [0.25, 0.3) is 0 Å². The summed E-state index contributed by atoms with van der Waals surface area (Å²) < 4.78 is 1.69. The number of carboxylic acid groups (broad SMARTS) is 1. The Morgan fingerprint density at radius 3 is 2.65 bits per heavy atom. The summed E-state index contributed by atoms with van der Waals surface area (Å²) in [5.74, 6) is -0.894. The van der Waals surface area contributed by atoms with Gasteiger partial charge < -0.3 is 5.11 Å². The van der Waals surface area contributed by atoms with Crippen molar-refractivity contribution in [2.24, 2.45) is 10.2 Å². The Morgan fingerprint density at radius 1 is 1.13 bits per heavy atom. The van der Waals surface area contributed by atoms with E-state index in [9.17, 15) is 9.90 Å². The third-order valence-corrected chi connectivity index (χ3v) is 3.63. The topological polar surface area (TPSA) is 79.3 Å². The Morgan fingerprint density at radius 2 is 1.91 bits per heavy atom. The summed E-state index contributed by atoms with van der Waals surface area (Å²) >= 11 is 0. The van der Waals surface area contributed by atoms with E-state index in [0.717, 1.165) is 16.8 Å². The van der Waals surface area contributed by atoms with Gasteiger partial charge in [-0.2, -0.15) is 0 Å². The molecule has 2 heterocycles. The molecule has 0 radical (unpaired) electrons. The molecule has 3 rings (SSSR count). The van der Waals surface area contributed by atoms with Crippen molar-refractivity contribution in [3.8, 4) is 0 Å². The van der Waals surface area contributed by atoms with Crippen molar-refractivity contribution >= 4 is 23.1 Å². The second kappa shape index (κ2) is 5.64. The number of imidazole rings is 1. The van der Waals surface area contributed by atoms with Gasteiger partial charge in [0.2, 0.25) is 0 Å². The second-order valence-corrected chi connectivity index (χ2v) is 5.44. The zero-order valence-electron chi connectivity index (χ0n) is 13.1. The zero-order chi connectivity index (χ0) is 16.6. The molecule has 3 aromatic rings. The van der Waals surface area contributed by atoms with E-state index in [1.54, 1.807) is 10.5 Å². The maximum Gasteiger partial charge on any atom is 0.358 e. The van der Waals surface area contributed by atoms with Crippen LogP contribution in [0.4, 0.5) is 11.5 Å². The molecule has 0 unspecified atom stereocenters. The minimum absolute atomic E-state index is 0.103. The standard InChI is InChI=1S/C17H16N4O2/c1-10-7-8-11(2)13(9-10)19-20-16-15(17(22)23)18-14-6-4-5-12(3)21(14)16/h4-9H,1-3H3,(H,22,23). The monoisotopic (exact) mass is 308 g/mol. The number of nitrogens with zero attached hydrogens (tertiary/aromatic N) is 4. The first-order chi connectivity index (χ1) is 11.0. The molecule has 0 bridgehead atoms. The lowest BCUT2D eigenvalue weighted by atomic mass is 10.1. The molecule has 6 nitrogen and oxygen atoms in total. The van der Waals surface area contributed by atoms with Crippen LogP contribution in [0.15, 0.2) is 46.6 Å². The first-order valence-corrected chi connectivity index (χ1v) is 7.18. The van der Waals surface area contributed by atoms with Gasteiger partial charge >= 0.3 is 5.97 Å². The van der Waals surface area contributed by atoms with E-state index < -0.39 is 5.97 Å². The van der Waals surface area contributed by atoms with E-state index in [2.05, 4.69) is 15.2 Å². The number of rotatable bonds is 3. The Hall–Kier alpha value is -3.02. The van der Waals surface area contributed by atoms with Gasteiger partial charge in [-0.3, -0.25) is 4.40 Å². The molecule has 0 saturated heterocycles. The summed E-state index contributed by atoms with van der Waals surface area (Å²) in [6.07, 6.45) is 0. The maximum atomic E-state index is 11.5. The van der Waals surface area contributed by atoms with Crippen molar-refractivity contribution in [3.05, 3.63) is 58.9 Å². The van der Waals surface area contributed by atoms with Crippen molar-refractivity contribution < 1.29 is 9.90 Å². The number of aromatic carboxylic acids is 1. The van der Waals surface area contributed by atoms with E-state index in [1.807, 2.05) is 51.1 Å².